The van der Waals surface area contributed by atoms with E-state index in [-0.39, 0.29) is 16.9 Å². The van der Waals surface area contributed by atoms with Crippen molar-refractivity contribution in [2.75, 3.05) is 12.3 Å². The van der Waals surface area contributed by atoms with Gasteiger partial charge in [0.1, 0.15) is 5.69 Å². The van der Waals surface area contributed by atoms with Gasteiger partial charge in [0, 0.05) is 12.7 Å². The highest BCUT2D eigenvalue weighted by Crippen LogP contribution is 2.22. The number of hydrogen-bond donors (Lipinski definition) is 1. The van der Waals surface area contributed by atoms with Gasteiger partial charge in [-0.15, -0.1) is 0 Å². The lowest BCUT2D eigenvalue weighted by molar-refractivity contribution is -0.383. The number of rotatable bonds is 5. The van der Waals surface area contributed by atoms with Gasteiger partial charge in [-0.25, -0.2) is 4.79 Å². The van der Waals surface area contributed by atoms with Crippen molar-refractivity contribution in [3.8, 4) is 0 Å². The number of benzene rings is 1. The van der Waals surface area contributed by atoms with Crippen LogP contribution in [0.1, 0.15) is 24.2 Å². The number of nitro benzene ring substituents is 1. The summed E-state index contributed by atoms with van der Waals surface area (Å²) in [5.74, 6) is -0.695. The Labute approximate surface area is 104 Å². The summed E-state index contributed by atoms with van der Waals surface area (Å²) in [7, 11) is 0. The molecule has 2 N–H and O–H groups in total. The van der Waals surface area contributed by atoms with Gasteiger partial charge in [-0.05, 0) is 26.0 Å². The number of nitrogen functional groups attached to an aromatic ring is 1. The normalized spacial score (nSPS) is 11.9. The van der Waals surface area contributed by atoms with Gasteiger partial charge in [-0.1, -0.05) is 0 Å². The Balaban J connectivity index is 2.87. The van der Waals surface area contributed by atoms with Crippen LogP contribution in [0, 0.1) is 10.1 Å². The summed E-state index contributed by atoms with van der Waals surface area (Å²) < 4.78 is 9.96. The molecule has 0 aliphatic carbocycles. The van der Waals surface area contributed by atoms with E-state index in [1.54, 1.807) is 13.8 Å². The van der Waals surface area contributed by atoms with Crippen LogP contribution < -0.4 is 5.73 Å². The monoisotopic (exact) mass is 254 g/mol. The van der Waals surface area contributed by atoms with E-state index in [1.807, 2.05) is 0 Å². The molecule has 0 heterocycles. The van der Waals surface area contributed by atoms with Gasteiger partial charge in [0.05, 0.1) is 10.5 Å². The third kappa shape index (κ3) is 3.42. The Kier molecular flexibility index (Phi) is 4.61. The Morgan fingerprint density at radius 3 is 2.78 bits per heavy atom. The van der Waals surface area contributed by atoms with Crippen LogP contribution in [0.15, 0.2) is 18.2 Å². The fraction of sp³-hybridized carbons (Fsp3) is 0.364. The van der Waals surface area contributed by atoms with Crippen molar-refractivity contribution >= 4 is 17.3 Å². The van der Waals surface area contributed by atoms with Gasteiger partial charge in [0.15, 0.2) is 6.29 Å². The van der Waals surface area contributed by atoms with Crippen LogP contribution in [0.3, 0.4) is 0 Å². The predicted octanol–water partition coefficient (Wildman–Crippen LogP) is 1.72. The zero-order valence-electron chi connectivity index (χ0n) is 10.1. The standard InChI is InChI=1S/C11H14N2O5/c1-3-17-7(2)18-11(14)8-4-5-9(12)10(6-8)13(15)16/h4-7H,3,12H2,1-2H3. The van der Waals surface area contributed by atoms with Crippen LogP contribution in [0.5, 0.6) is 0 Å². The smallest absolute Gasteiger partial charge is 0.340 e. The van der Waals surface area contributed by atoms with Crippen molar-refractivity contribution in [1.82, 2.24) is 0 Å². The Hall–Kier alpha value is -2.15. The maximum absolute atomic E-state index is 11.7. The van der Waals surface area contributed by atoms with Crippen molar-refractivity contribution in [2.45, 2.75) is 20.1 Å². The second-order valence-electron chi connectivity index (χ2n) is 3.46. The zero-order valence-corrected chi connectivity index (χ0v) is 10.1. The lowest BCUT2D eigenvalue weighted by Crippen LogP contribution is -2.18. The van der Waals surface area contributed by atoms with Crippen LogP contribution in [0.25, 0.3) is 0 Å². The molecular weight excluding hydrogens is 240 g/mol. The van der Waals surface area contributed by atoms with E-state index < -0.39 is 17.2 Å². The number of hydrogen-bond acceptors (Lipinski definition) is 6. The summed E-state index contributed by atoms with van der Waals surface area (Å²) in [6.07, 6.45) is -0.709. The molecule has 0 bridgehead atoms. The predicted molar refractivity (Wildman–Crippen MR) is 64.0 cm³/mol. The van der Waals surface area contributed by atoms with Gasteiger partial charge < -0.3 is 15.2 Å². The molecule has 0 aliphatic rings. The molecule has 0 amide bonds. The molecule has 0 fully saturated rings. The number of nitrogens with two attached hydrogens (primary N) is 1. The van der Waals surface area contributed by atoms with Crippen molar-refractivity contribution in [3.05, 3.63) is 33.9 Å². The Morgan fingerprint density at radius 1 is 1.56 bits per heavy atom. The van der Waals surface area contributed by atoms with Gasteiger partial charge in [0.25, 0.3) is 5.69 Å². The number of esters is 1. The molecular formula is C11H14N2O5. The molecule has 0 saturated carbocycles. The van der Waals surface area contributed by atoms with Crippen LogP contribution in [0.4, 0.5) is 11.4 Å². The molecule has 1 aromatic carbocycles. The van der Waals surface area contributed by atoms with E-state index in [0.29, 0.717) is 6.61 Å². The third-order valence-corrected chi connectivity index (χ3v) is 2.14. The first-order chi connectivity index (χ1) is 8.45. The van der Waals surface area contributed by atoms with E-state index in [0.717, 1.165) is 6.07 Å². The molecule has 7 nitrogen and oxygen atoms in total. The molecule has 1 atom stereocenters. The fourth-order valence-electron chi connectivity index (χ4n) is 1.32. The molecule has 98 valence electrons. The number of carbonyl (C=O) groups is 1. The molecule has 0 aliphatic heterocycles. The van der Waals surface area contributed by atoms with E-state index in [9.17, 15) is 14.9 Å². The number of carbonyl (C=O) groups excluding carboxylic acids is 1. The molecule has 0 radical (unpaired) electrons. The van der Waals surface area contributed by atoms with Gasteiger partial charge >= 0.3 is 5.97 Å². The molecule has 0 saturated heterocycles. The lowest BCUT2D eigenvalue weighted by atomic mass is 10.2. The maximum Gasteiger partial charge on any atom is 0.340 e. The first-order valence-corrected chi connectivity index (χ1v) is 5.32. The van der Waals surface area contributed by atoms with E-state index >= 15 is 0 Å². The minimum Gasteiger partial charge on any atom is -0.432 e. The molecule has 0 spiro atoms. The minimum atomic E-state index is -0.709. The van der Waals surface area contributed by atoms with E-state index in [1.165, 1.54) is 12.1 Å². The highest BCUT2D eigenvalue weighted by Gasteiger charge is 2.18. The van der Waals surface area contributed by atoms with Gasteiger partial charge in [-0.2, -0.15) is 0 Å². The molecule has 0 aromatic heterocycles. The van der Waals surface area contributed by atoms with E-state index in [4.69, 9.17) is 15.2 Å². The summed E-state index contributed by atoms with van der Waals surface area (Å²) >= 11 is 0. The van der Waals surface area contributed by atoms with Crippen LogP contribution in [0.2, 0.25) is 0 Å². The summed E-state index contributed by atoms with van der Waals surface area (Å²) in [6.45, 7) is 3.72. The number of anilines is 1. The SMILES string of the molecule is CCOC(C)OC(=O)c1ccc(N)c([N+](=O)[O-])c1. The molecule has 7 heteroatoms. The van der Waals surface area contributed by atoms with Crippen molar-refractivity contribution < 1.29 is 19.2 Å². The zero-order chi connectivity index (χ0) is 13.7. The second kappa shape index (κ2) is 5.97. The lowest BCUT2D eigenvalue weighted by Gasteiger charge is -2.12. The minimum absolute atomic E-state index is 0.00518. The van der Waals surface area contributed by atoms with Gasteiger partial charge in [0.2, 0.25) is 0 Å². The number of nitrogens with zero attached hydrogens (tertiary/aromatic N) is 1. The number of ether oxygens (including phenoxy) is 2. The fourth-order valence-corrected chi connectivity index (χ4v) is 1.32. The summed E-state index contributed by atoms with van der Waals surface area (Å²) in [5, 5.41) is 10.7. The highest BCUT2D eigenvalue weighted by atomic mass is 16.7. The topological polar surface area (TPSA) is 105 Å². The summed E-state index contributed by atoms with van der Waals surface area (Å²) in [4.78, 5) is 21.7. The largest absolute Gasteiger partial charge is 0.432 e. The van der Waals surface area contributed by atoms with Crippen LogP contribution >= 0.6 is 0 Å². The second-order valence-corrected chi connectivity index (χ2v) is 3.46. The first-order valence-electron chi connectivity index (χ1n) is 5.32. The third-order valence-electron chi connectivity index (χ3n) is 2.14. The molecule has 1 aromatic rings. The quantitative estimate of drug-likeness (QED) is 0.282. The first kappa shape index (κ1) is 13.9. The maximum atomic E-state index is 11.7. The highest BCUT2D eigenvalue weighted by molar-refractivity contribution is 5.91. The van der Waals surface area contributed by atoms with Crippen LogP contribution in [-0.4, -0.2) is 23.8 Å². The van der Waals surface area contributed by atoms with Crippen LogP contribution in [-0.2, 0) is 9.47 Å². The van der Waals surface area contributed by atoms with Gasteiger partial charge in [-0.3, -0.25) is 10.1 Å². The van der Waals surface area contributed by atoms with Crippen molar-refractivity contribution in [1.29, 1.82) is 0 Å². The molecule has 18 heavy (non-hydrogen) atoms. The Bertz CT molecular complexity index is 461. The van der Waals surface area contributed by atoms with Crippen molar-refractivity contribution in [3.63, 3.8) is 0 Å². The average Bonchev–Trinajstić information content (AvgIpc) is 2.29. The summed E-state index contributed by atoms with van der Waals surface area (Å²) in [6, 6.07) is 3.74. The van der Waals surface area contributed by atoms with E-state index in [2.05, 4.69) is 0 Å². The summed E-state index contributed by atoms with van der Waals surface area (Å²) in [5.41, 5.74) is 5.15. The number of nitro groups is 1. The molecule has 1 unspecified atom stereocenters. The van der Waals surface area contributed by atoms with Crippen molar-refractivity contribution in [2.24, 2.45) is 0 Å². The molecule has 1 rings (SSSR count). The Morgan fingerprint density at radius 2 is 2.22 bits per heavy atom. The average molecular weight is 254 g/mol.